The zero-order valence-corrected chi connectivity index (χ0v) is 5.37. The van der Waals surface area contributed by atoms with E-state index < -0.39 is 11.6 Å². The van der Waals surface area contributed by atoms with Crippen LogP contribution in [0, 0.1) is 0 Å². The number of carbonyl (C=O) groups is 1. The third-order valence-corrected chi connectivity index (χ3v) is 1.90. The summed E-state index contributed by atoms with van der Waals surface area (Å²) in [4.78, 5) is 10.8. The minimum absolute atomic E-state index is 0.0808. The highest BCUT2D eigenvalue weighted by Crippen LogP contribution is 2.29. The Morgan fingerprint density at radius 2 is 2.50 bits per heavy atom. The molecule has 1 N–H and O–H groups in total. The van der Waals surface area contributed by atoms with Gasteiger partial charge in [0.25, 0.3) is 0 Å². The van der Waals surface area contributed by atoms with Crippen LogP contribution in [0.3, 0.4) is 0 Å². The first-order valence-corrected chi connectivity index (χ1v) is 3.22. The molecule has 2 aliphatic heterocycles. The lowest BCUT2D eigenvalue weighted by Gasteiger charge is -2.22. The number of fused-ring (bicyclic) bond motifs is 2. The molecule has 0 radical (unpaired) electrons. The summed E-state index contributed by atoms with van der Waals surface area (Å²) in [6, 6.07) is 0. The van der Waals surface area contributed by atoms with Gasteiger partial charge in [0.05, 0.1) is 12.7 Å². The van der Waals surface area contributed by atoms with Crippen LogP contribution in [0.4, 0.5) is 0 Å². The van der Waals surface area contributed by atoms with Crippen LogP contribution in [0.2, 0.25) is 0 Å². The molecule has 56 valence electrons. The normalized spacial score (nSPS) is 45.3. The number of aliphatic hydroxyl groups is 1. The maximum atomic E-state index is 10.8. The van der Waals surface area contributed by atoms with E-state index >= 15 is 0 Å². The van der Waals surface area contributed by atoms with Crippen LogP contribution in [0.5, 0.6) is 0 Å². The third-order valence-electron chi connectivity index (χ3n) is 1.90. The lowest BCUT2D eigenvalue weighted by atomic mass is 9.99. The van der Waals surface area contributed by atoms with Crippen molar-refractivity contribution in [3.8, 4) is 0 Å². The van der Waals surface area contributed by atoms with Gasteiger partial charge in [-0.1, -0.05) is 0 Å². The second-order valence-electron chi connectivity index (χ2n) is 2.77. The van der Waals surface area contributed by atoms with Gasteiger partial charge in [-0.3, -0.25) is 0 Å². The number of hydrogen-bond donors (Lipinski definition) is 1. The predicted molar refractivity (Wildman–Crippen MR) is 30.3 cm³/mol. The van der Waals surface area contributed by atoms with Crippen LogP contribution in [0.15, 0.2) is 0 Å². The van der Waals surface area contributed by atoms with E-state index in [1.807, 2.05) is 0 Å². The molecule has 10 heavy (non-hydrogen) atoms. The van der Waals surface area contributed by atoms with Gasteiger partial charge >= 0.3 is 5.97 Å². The van der Waals surface area contributed by atoms with Crippen LogP contribution in [0.1, 0.15) is 6.42 Å². The molecule has 0 spiro atoms. The Morgan fingerprint density at radius 1 is 1.70 bits per heavy atom. The molecule has 4 nitrogen and oxygen atoms in total. The number of rotatable bonds is 0. The molecule has 2 aliphatic rings. The van der Waals surface area contributed by atoms with Crippen LogP contribution < -0.4 is 0 Å². The van der Waals surface area contributed by atoms with Crippen molar-refractivity contribution in [2.24, 2.45) is 0 Å². The summed E-state index contributed by atoms with van der Waals surface area (Å²) in [5.41, 5.74) is -1.33. The molecule has 0 aromatic heterocycles. The summed E-state index contributed by atoms with van der Waals surface area (Å²) < 4.78 is 9.71. The summed E-state index contributed by atoms with van der Waals surface area (Å²) >= 11 is 0. The van der Waals surface area contributed by atoms with Crippen LogP contribution in [-0.4, -0.2) is 36.0 Å². The van der Waals surface area contributed by atoms with E-state index in [0.717, 1.165) is 0 Å². The van der Waals surface area contributed by atoms with Crippen molar-refractivity contribution < 1.29 is 19.4 Å². The van der Waals surface area contributed by atoms with Crippen LogP contribution in [-0.2, 0) is 14.3 Å². The van der Waals surface area contributed by atoms with Gasteiger partial charge in [-0.2, -0.15) is 0 Å². The lowest BCUT2D eigenvalue weighted by molar-refractivity contribution is -0.168. The number of ether oxygens (including phenoxy) is 2. The second kappa shape index (κ2) is 1.71. The van der Waals surface area contributed by atoms with E-state index in [2.05, 4.69) is 4.74 Å². The standard InChI is InChI=1S/C6H8O4/c7-5-6(8)1-4(2-9-5)10-3-6/h4,8H,1-3H2/t4?,6-/m1/s1. The van der Waals surface area contributed by atoms with E-state index in [1.54, 1.807) is 0 Å². The van der Waals surface area contributed by atoms with E-state index in [1.165, 1.54) is 0 Å². The zero-order chi connectivity index (χ0) is 7.19. The number of hydrogen-bond acceptors (Lipinski definition) is 4. The van der Waals surface area contributed by atoms with Crippen molar-refractivity contribution >= 4 is 5.97 Å². The molecule has 2 heterocycles. The Hall–Kier alpha value is -0.610. The summed E-state index contributed by atoms with van der Waals surface area (Å²) in [6.45, 7) is 0.387. The van der Waals surface area contributed by atoms with Crippen LogP contribution in [0.25, 0.3) is 0 Å². The Balaban J connectivity index is 2.25. The molecule has 1 unspecified atom stereocenters. The molecule has 2 bridgehead atoms. The van der Waals surface area contributed by atoms with Crippen molar-refractivity contribution in [3.63, 3.8) is 0 Å². The van der Waals surface area contributed by atoms with Crippen molar-refractivity contribution in [2.75, 3.05) is 13.2 Å². The highest BCUT2D eigenvalue weighted by atomic mass is 16.6. The molecule has 2 saturated heterocycles. The van der Waals surface area contributed by atoms with E-state index in [4.69, 9.17) is 4.74 Å². The molecule has 0 aromatic rings. The molecule has 0 amide bonds. The van der Waals surface area contributed by atoms with Crippen LogP contribution >= 0.6 is 0 Å². The van der Waals surface area contributed by atoms with Gasteiger partial charge in [0.15, 0.2) is 5.60 Å². The highest BCUT2D eigenvalue weighted by Gasteiger charge is 2.50. The zero-order valence-electron chi connectivity index (χ0n) is 5.37. The van der Waals surface area contributed by atoms with Gasteiger partial charge in [-0.15, -0.1) is 0 Å². The maximum absolute atomic E-state index is 10.8. The summed E-state index contributed by atoms with van der Waals surface area (Å²) in [5, 5.41) is 9.39. The third kappa shape index (κ3) is 0.660. The minimum atomic E-state index is -1.33. The summed E-state index contributed by atoms with van der Waals surface area (Å²) in [6.07, 6.45) is 0.314. The summed E-state index contributed by atoms with van der Waals surface area (Å²) in [7, 11) is 0. The molecular formula is C6H8O4. The van der Waals surface area contributed by atoms with Gasteiger partial charge in [0.2, 0.25) is 0 Å². The van der Waals surface area contributed by atoms with Gasteiger partial charge < -0.3 is 14.6 Å². The number of cyclic esters (lactones) is 1. The first-order chi connectivity index (χ1) is 4.71. The number of carbonyl (C=O) groups excluding carboxylic acids is 1. The fourth-order valence-corrected chi connectivity index (χ4v) is 1.30. The molecule has 2 fully saturated rings. The molecule has 4 heteroatoms. The summed E-state index contributed by atoms with van der Waals surface area (Å²) in [5.74, 6) is -0.541. The predicted octanol–water partition coefficient (Wildman–Crippen LogP) is -0.937. The SMILES string of the molecule is O=C1OCC2C[C@@]1(O)CO2. The topological polar surface area (TPSA) is 55.8 Å². The Bertz CT molecular complexity index is 179. The second-order valence-corrected chi connectivity index (χ2v) is 2.77. The van der Waals surface area contributed by atoms with E-state index in [9.17, 15) is 9.90 Å². The largest absolute Gasteiger partial charge is 0.461 e. The van der Waals surface area contributed by atoms with E-state index in [0.29, 0.717) is 13.0 Å². The Morgan fingerprint density at radius 3 is 3.20 bits per heavy atom. The number of esters is 1. The quantitative estimate of drug-likeness (QED) is 0.446. The van der Waals surface area contributed by atoms with Crippen molar-refractivity contribution in [1.29, 1.82) is 0 Å². The van der Waals surface area contributed by atoms with Gasteiger partial charge in [-0.05, 0) is 0 Å². The molecule has 0 aromatic carbocycles. The molecular weight excluding hydrogens is 136 g/mol. The minimum Gasteiger partial charge on any atom is -0.461 e. The first kappa shape index (κ1) is 6.12. The fraction of sp³-hybridized carbons (Fsp3) is 0.833. The fourth-order valence-electron chi connectivity index (χ4n) is 1.30. The van der Waals surface area contributed by atoms with Crippen molar-refractivity contribution in [1.82, 2.24) is 0 Å². The highest BCUT2D eigenvalue weighted by molar-refractivity contribution is 5.80. The monoisotopic (exact) mass is 144 g/mol. The maximum Gasteiger partial charge on any atom is 0.340 e. The van der Waals surface area contributed by atoms with Crippen molar-refractivity contribution in [2.45, 2.75) is 18.1 Å². The average Bonchev–Trinajstić information content (AvgIpc) is 2.22. The van der Waals surface area contributed by atoms with E-state index in [-0.39, 0.29) is 12.7 Å². The average molecular weight is 144 g/mol. The Kier molecular flexibility index (Phi) is 1.04. The van der Waals surface area contributed by atoms with Crippen molar-refractivity contribution in [3.05, 3.63) is 0 Å². The smallest absolute Gasteiger partial charge is 0.340 e. The van der Waals surface area contributed by atoms with Gasteiger partial charge in [0.1, 0.15) is 6.61 Å². The molecule has 2 atom stereocenters. The van der Waals surface area contributed by atoms with Gasteiger partial charge in [0, 0.05) is 6.42 Å². The van der Waals surface area contributed by atoms with Gasteiger partial charge in [-0.25, -0.2) is 4.79 Å². The lowest BCUT2D eigenvalue weighted by Crippen LogP contribution is -2.44. The Labute approximate surface area is 57.7 Å². The molecule has 2 rings (SSSR count). The molecule has 0 saturated carbocycles. The molecule has 0 aliphatic carbocycles. The first-order valence-electron chi connectivity index (χ1n) is 3.22.